The standard InChI is InChI=1S/C21H22N4O5S/c1-13-7-5-8-14(2)19(13)25-31(27,28)17-11-15(12-22-21(17)30-4)23-20(26)16-9-6-10-18(24-16)29-3/h5-12,25H,1-4H3,(H,23,26). The van der Waals surface area contributed by atoms with Gasteiger partial charge in [-0.1, -0.05) is 24.3 Å². The Morgan fingerprint density at radius 2 is 1.68 bits per heavy atom. The number of sulfonamides is 1. The fraction of sp³-hybridized carbons (Fsp3) is 0.190. The van der Waals surface area contributed by atoms with E-state index in [0.29, 0.717) is 5.69 Å². The smallest absolute Gasteiger partial charge is 0.274 e. The third kappa shape index (κ3) is 4.92. The summed E-state index contributed by atoms with van der Waals surface area (Å²) in [7, 11) is -1.30. The van der Waals surface area contributed by atoms with Crippen LogP contribution in [0.5, 0.6) is 11.8 Å². The van der Waals surface area contributed by atoms with Gasteiger partial charge in [0.25, 0.3) is 15.9 Å². The van der Waals surface area contributed by atoms with Crippen LogP contribution in [-0.2, 0) is 10.0 Å². The number of aromatic nitrogens is 2. The Morgan fingerprint density at radius 1 is 1.00 bits per heavy atom. The predicted molar refractivity (Wildman–Crippen MR) is 116 cm³/mol. The van der Waals surface area contributed by atoms with E-state index in [9.17, 15) is 13.2 Å². The SMILES string of the molecule is COc1cccc(C(=O)Nc2cnc(OC)c(S(=O)(=O)Nc3c(C)cccc3C)c2)n1. The summed E-state index contributed by atoms with van der Waals surface area (Å²) in [5.74, 6) is -0.366. The van der Waals surface area contributed by atoms with Crippen LogP contribution in [-0.4, -0.2) is 38.5 Å². The van der Waals surface area contributed by atoms with Crippen LogP contribution < -0.4 is 19.5 Å². The fourth-order valence-electron chi connectivity index (χ4n) is 2.86. The molecule has 0 unspecified atom stereocenters. The molecule has 3 aromatic rings. The summed E-state index contributed by atoms with van der Waals surface area (Å²) in [5.41, 5.74) is 2.28. The average Bonchev–Trinajstić information content (AvgIpc) is 2.76. The second kappa shape index (κ2) is 9.00. The minimum absolute atomic E-state index is 0.101. The lowest BCUT2D eigenvalue weighted by Crippen LogP contribution is -2.18. The molecule has 10 heteroatoms. The molecule has 0 saturated heterocycles. The lowest BCUT2D eigenvalue weighted by molar-refractivity contribution is 0.102. The monoisotopic (exact) mass is 442 g/mol. The zero-order valence-corrected chi connectivity index (χ0v) is 18.3. The molecule has 2 heterocycles. The van der Waals surface area contributed by atoms with Crippen LogP contribution in [0.4, 0.5) is 11.4 Å². The first kappa shape index (κ1) is 22.0. The highest BCUT2D eigenvalue weighted by Gasteiger charge is 2.23. The Labute approximate surface area is 180 Å². The number of amides is 1. The molecule has 0 bridgehead atoms. The molecule has 31 heavy (non-hydrogen) atoms. The van der Waals surface area contributed by atoms with Crippen LogP contribution in [0, 0.1) is 13.8 Å². The van der Waals surface area contributed by atoms with Crippen molar-refractivity contribution in [3.63, 3.8) is 0 Å². The predicted octanol–water partition coefficient (Wildman–Crippen LogP) is 3.16. The van der Waals surface area contributed by atoms with Gasteiger partial charge in [-0.2, -0.15) is 0 Å². The Morgan fingerprint density at radius 3 is 2.32 bits per heavy atom. The molecule has 3 rings (SSSR count). The zero-order valence-electron chi connectivity index (χ0n) is 17.5. The number of rotatable bonds is 7. The number of hydrogen-bond acceptors (Lipinski definition) is 7. The molecule has 0 aliphatic carbocycles. The van der Waals surface area contributed by atoms with Gasteiger partial charge in [-0.3, -0.25) is 9.52 Å². The maximum Gasteiger partial charge on any atom is 0.274 e. The topological polar surface area (TPSA) is 120 Å². The van der Waals surface area contributed by atoms with Gasteiger partial charge < -0.3 is 14.8 Å². The van der Waals surface area contributed by atoms with Crippen LogP contribution in [0.2, 0.25) is 0 Å². The number of ether oxygens (including phenoxy) is 2. The minimum Gasteiger partial charge on any atom is -0.481 e. The van der Waals surface area contributed by atoms with Crippen LogP contribution in [0.3, 0.4) is 0 Å². The molecule has 0 aliphatic heterocycles. The summed E-state index contributed by atoms with van der Waals surface area (Å²) in [6.45, 7) is 3.61. The van der Waals surface area contributed by atoms with Gasteiger partial charge in [0.2, 0.25) is 11.8 Å². The van der Waals surface area contributed by atoms with Crippen molar-refractivity contribution in [2.24, 2.45) is 0 Å². The number of para-hydroxylation sites is 1. The largest absolute Gasteiger partial charge is 0.481 e. The van der Waals surface area contributed by atoms with E-state index in [1.807, 2.05) is 6.07 Å². The molecule has 1 amide bonds. The Bertz CT molecular complexity index is 1210. The number of nitrogens with one attached hydrogen (secondary N) is 2. The van der Waals surface area contributed by atoms with Gasteiger partial charge in [-0.05, 0) is 37.1 Å². The number of carbonyl (C=O) groups is 1. The van der Waals surface area contributed by atoms with Crippen molar-refractivity contribution in [1.29, 1.82) is 0 Å². The average molecular weight is 442 g/mol. The van der Waals surface area contributed by atoms with Crippen molar-refractivity contribution in [2.45, 2.75) is 18.7 Å². The van der Waals surface area contributed by atoms with E-state index in [1.54, 1.807) is 38.1 Å². The normalized spacial score (nSPS) is 11.0. The van der Waals surface area contributed by atoms with E-state index in [2.05, 4.69) is 20.0 Å². The molecule has 1 aromatic carbocycles. The van der Waals surface area contributed by atoms with E-state index >= 15 is 0 Å². The number of anilines is 2. The molecule has 2 N–H and O–H groups in total. The van der Waals surface area contributed by atoms with Crippen molar-refractivity contribution in [3.05, 3.63) is 65.5 Å². The van der Waals surface area contributed by atoms with Gasteiger partial charge >= 0.3 is 0 Å². The number of carbonyl (C=O) groups excluding carboxylic acids is 1. The van der Waals surface area contributed by atoms with Crippen molar-refractivity contribution < 1.29 is 22.7 Å². The maximum atomic E-state index is 13.1. The highest BCUT2D eigenvalue weighted by atomic mass is 32.2. The molecule has 2 aromatic heterocycles. The van der Waals surface area contributed by atoms with E-state index in [1.165, 1.54) is 32.5 Å². The van der Waals surface area contributed by atoms with Gasteiger partial charge in [0.1, 0.15) is 5.69 Å². The van der Waals surface area contributed by atoms with Gasteiger partial charge in [-0.15, -0.1) is 0 Å². The van der Waals surface area contributed by atoms with Crippen molar-refractivity contribution in [2.75, 3.05) is 24.3 Å². The fourth-order valence-corrected chi connectivity index (χ4v) is 4.21. The maximum absolute atomic E-state index is 13.1. The third-order valence-corrected chi connectivity index (χ3v) is 5.79. The number of aryl methyl sites for hydroxylation is 2. The van der Waals surface area contributed by atoms with E-state index < -0.39 is 15.9 Å². The number of benzene rings is 1. The Kier molecular flexibility index (Phi) is 6.40. The minimum atomic E-state index is -4.06. The summed E-state index contributed by atoms with van der Waals surface area (Å²) in [4.78, 5) is 20.4. The second-order valence-electron chi connectivity index (χ2n) is 6.62. The molecule has 0 aliphatic rings. The van der Waals surface area contributed by atoms with Crippen LogP contribution in [0.1, 0.15) is 21.6 Å². The summed E-state index contributed by atoms with van der Waals surface area (Å²) in [6, 6.07) is 11.5. The summed E-state index contributed by atoms with van der Waals surface area (Å²) < 4.78 is 38.9. The summed E-state index contributed by atoms with van der Waals surface area (Å²) in [5, 5.41) is 2.59. The van der Waals surface area contributed by atoms with Crippen LogP contribution in [0.15, 0.2) is 53.6 Å². The Balaban J connectivity index is 1.94. The lowest BCUT2D eigenvalue weighted by atomic mass is 10.1. The molecular weight excluding hydrogens is 420 g/mol. The quantitative estimate of drug-likeness (QED) is 0.577. The number of hydrogen-bond donors (Lipinski definition) is 2. The molecule has 0 spiro atoms. The molecule has 0 fully saturated rings. The van der Waals surface area contributed by atoms with Crippen molar-refractivity contribution in [3.8, 4) is 11.8 Å². The molecule has 9 nitrogen and oxygen atoms in total. The second-order valence-corrected chi connectivity index (χ2v) is 8.27. The molecule has 162 valence electrons. The highest BCUT2D eigenvalue weighted by Crippen LogP contribution is 2.29. The first-order chi connectivity index (χ1) is 14.7. The first-order valence-electron chi connectivity index (χ1n) is 9.20. The lowest BCUT2D eigenvalue weighted by Gasteiger charge is -2.15. The van der Waals surface area contributed by atoms with Crippen molar-refractivity contribution >= 4 is 27.3 Å². The molecule has 0 atom stereocenters. The van der Waals surface area contributed by atoms with E-state index in [-0.39, 0.29) is 28.0 Å². The molecular formula is C21H22N4O5S. The van der Waals surface area contributed by atoms with Gasteiger partial charge in [-0.25, -0.2) is 18.4 Å². The third-order valence-electron chi connectivity index (χ3n) is 4.44. The molecule has 0 radical (unpaired) electrons. The Hall–Kier alpha value is -3.66. The first-order valence-corrected chi connectivity index (χ1v) is 10.7. The highest BCUT2D eigenvalue weighted by molar-refractivity contribution is 7.92. The summed E-state index contributed by atoms with van der Waals surface area (Å²) >= 11 is 0. The van der Waals surface area contributed by atoms with Crippen LogP contribution in [0.25, 0.3) is 0 Å². The summed E-state index contributed by atoms with van der Waals surface area (Å²) in [6.07, 6.45) is 1.30. The van der Waals surface area contributed by atoms with Gasteiger partial charge in [0.15, 0.2) is 4.90 Å². The number of methoxy groups -OCH3 is 2. The van der Waals surface area contributed by atoms with Crippen molar-refractivity contribution in [1.82, 2.24) is 9.97 Å². The number of pyridine rings is 2. The number of nitrogens with zero attached hydrogens (tertiary/aromatic N) is 2. The van der Waals surface area contributed by atoms with E-state index in [4.69, 9.17) is 9.47 Å². The van der Waals surface area contributed by atoms with Gasteiger partial charge in [0, 0.05) is 6.07 Å². The van der Waals surface area contributed by atoms with E-state index in [0.717, 1.165) is 11.1 Å². The van der Waals surface area contributed by atoms with Crippen LogP contribution >= 0.6 is 0 Å². The molecule has 0 saturated carbocycles. The zero-order chi connectivity index (χ0) is 22.6. The van der Waals surface area contributed by atoms with Gasteiger partial charge in [0.05, 0.1) is 31.8 Å².